The van der Waals surface area contributed by atoms with Gasteiger partial charge in [0.05, 0.1) is 6.54 Å². The Balaban J connectivity index is 1.49. The third-order valence-electron chi connectivity index (χ3n) is 5.08. The average molecular weight is 320 g/mol. The largest absolute Gasteiger partial charge is 0.340 e. The number of hydrogen-bond acceptors (Lipinski definition) is 5. The van der Waals surface area contributed by atoms with Crippen LogP contribution in [-0.2, 0) is 11.3 Å². The van der Waals surface area contributed by atoms with Crippen LogP contribution in [0.2, 0.25) is 0 Å². The fourth-order valence-electron chi connectivity index (χ4n) is 3.49. The molecule has 1 aromatic heterocycles. The highest BCUT2D eigenvalue weighted by atomic mass is 16.5. The maximum Gasteiger partial charge on any atom is 0.229 e. The molecular weight excluding hydrogens is 292 g/mol. The Hall–Kier alpha value is -1.43. The van der Waals surface area contributed by atoms with E-state index in [2.05, 4.69) is 35.9 Å². The molecule has 1 aromatic rings. The van der Waals surface area contributed by atoms with Gasteiger partial charge in [-0.15, -0.1) is 0 Å². The van der Waals surface area contributed by atoms with Gasteiger partial charge in [-0.1, -0.05) is 11.6 Å². The van der Waals surface area contributed by atoms with Crippen LogP contribution in [0.1, 0.15) is 63.6 Å². The fourth-order valence-corrected chi connectivity index (χ4v) is 3.49. The molecule has 1 atom stereocenters. The SMILES string of the molecule is CC(C)N1CC(CN(C)Cc2noc(C3CCC3)n2)CCC1=O. The van der Waals surface area contributed by atoms with Crippen molar-refractivity contribution in [3.63, 3.8) is 0 Å². The topological polar surface area (TPSA) is 62.5 Å². The van der Waals surface area contributed by atoms with Gasteiger partial charge < -0.3 is 9.42 Å². The smallest absolute Gasteiger partial charge is 0.229 e. The molecule has 1 aliphatic carbocycles. The van der Waals surface area contributed by atoms with E-state index in [0.29, 0.717) is 30.7 Å². The number of carbonyl (C=O) groups is 1. The van der Waals surface area contributed by atoms with Gasteiger partial charge in [0.15, 0.2) is 5.82 Å². The Morgan fingerprint density at radius 3 is 2.78 bits per heavy atom. The highest BCUT2D eigenvalue weighted by Gasteiger charge is 2.29. The minimum absolute atomic E-state index is 0.290. The molecule has 3 rings (SSSR count). The molecule has 0 aromatic carbocycles. The highest BCUT2D eigenvalue weighted by molar-refractivity contribution is 5.77. The maximum absolute atomic E-state index is 11.9. The van der Waals surface area contributed by atoms with Crippen molar-refractivity contribution in [2.75, 3.05) is 20.1 Å². The average Bonchev–Trinajstić information content (AvgIpc) is 2.86. The van der Waals surface area contributed by atoms with Gasteiger partial charge in [0.1, 0.15) is 0 Å². The molecule has 2 fully saturated rings. The minimum Gasteiger partial charge on any atom is -0.340 e. The first-order chi connectivity index (χ1) is 11.0. The molecule has 0 bridgehead atoms. The molecule has 128 valence electrons. The molecule has 1 unspecified atom stereocenters. The van der Waals surface area contributed by atoms with Crippen molar-refractivity contribution in [1.29, 1.82) is 0 Å². The number of piperidine rings is 1. The molecule has 0 N–H and O–H groups in total. The molecule has 1 amide bonds. The lowest BCUT2D eigenvalue weighted by molar-refractivity contribution is -0.136. The number of likely N-dealkylation sites (tertiary alicyclic amines) is 1. The van der Waals surface area contributed by atoms with Crippen LogP contribution in [-0.4, -0.2) is 52.0 Å². The van der Waals surface area contributed by atoms with Crippen LogP contribution in [0.25, 0.3) is 0 Å². The molecule has 0 radical (unpaired) electrons. The molecule has 2 aliphatic rings. The van der Waals surface area contributed by atoms with E-state index in [1.165, 1.54) is 19.3 Å². The third kappa shape index (κ3) is 3.91. The lowest BCUT2D eigenvalue weighted by Crippen LogP contribution is -2.46. The summed E-state index contributed by atoms with van der Waals surface area (Å²) in [5.74, 6) is 2.90. The van der Waals surface area contributed by atoms with Gasteiger partial charge in [-0.25, -0.2) is 0 Å². The van der Waals surface area contributed by atoms with Crippen LogP contribution in [0.4, 0.5) is 0 Å². The number of hydrogen-bond donors (Lipinski definition) is 0. The van der Waals surface area contributed by atoms with E-state index in [1.807, 2.05) is 4.90 Å². The van der Waals surface area contributed by atoms with E-state index in [9.17, 15) is 4.79 Å². The molecular formula is C17H28N4O2. The summed E-state index contributed by atoms with van der Waals surface area (Å²) in [6.45, 7) is 6.71. The van der Waals surface area contributed by atoms with E-state index < -0.39 is 0 Å². The zero-order valence-electron chi connectivity index (χ0n) is 14.5. The minimum atomic E-state index is 0.290. The van der Waals surface area contributed by atoms with Crippen molar-refractivity contribution in [3.8, 4) is 0 Å². The Labute approximate surface area is 138 Å². The summed E-state index contributed by atoms with van der Waals surface area (Å²) in [6, 6.07) is 0.290. The van der Waals surface area contributed by atoms with Gasteiger partial charge >= 0.3 is 0 Å². The van der Waals surface area contributed by atoms with Gasteiger partial charge in [-0.05, 0) is 46.1 Å². The van der Waals surface area contributed by atoms with Gasteiger partial charge in [-0.3, -0.25) is 9.69 Å². The number of nitrogens with zero attached hydrogens (tertiary/aromatic N) is 4. The third-order valence-corrected chi connectivity index (χ3v) is 5.08. The van der Waals surface area contributed by atoms with Crippen molar-refractivity contribution in [3.05, 3.63) is 11.7 Å². The molecule has 1 saturated heterocycles. The first kappa shape index (κ1) is 16.4. The number of amides is 1. The monoisotopic (exact) mass is 320 g/mol. The first-order valence-corrected chi connectivity index (χ1v) is 8.83. The van der Waals surface area contributed by atoms with Crippen LogP contribution in [0, 0.1) is 5.92 Å². The Kier molecular flexibility index (Phi) is 4.99. The summed E-state index contributed by atoms with van der Waals surface area (Å²) in [7, 11) is 2.09. The van der Waals surface area contributed by atoms with Crippen molar-refractivity contribution >= 4 is 5.91 Å². The molecule has 6 heteroatoms. The first-order valence-electron chi connectivity index (χ1n) is 8.83. The standard InChI is InChI=1S/C17H28N4O2/c1-12(2)21-10-13(7-8-16(21)22)9-20(3)11-15-18-17(23-19-15)14-5-4-6-14/h12-14H,4-11H2,1-3H3. The second kappa shape index (κ2) is 6.99. The van der Waals surface area contributed by atoms with Crippen LogP contribution in [0.3, 0.4) is 0 Å². The van der Waals surface area contributed by atoms with Crippen molar-refractivity contribution in [1.82, 2.24) is 19.9 Å². The fraction of sp³-hybridized carbons (Fsp3) is 0.824. The molecule has 1 saturated carbocycles. The second-order valence-electron chi connectivity index (χ2n) is 7.42. The summed E-state index contributed by atoms with van der Waals surface area (Å²) >= 11 is 0. The summed E-state index contributed by atoms with van der Waals surface area (Å²) < 4.78 is 5.38. The van der Waals surface area contributed by atoms with Crippen LogP contribution in [0.5, 0.6) is 0 Å². The summed E-state index contributed by atoms with van der Waals surface area (Å²) in [5.41, 5.74) is 0. The summed E-state index contributed by atoms with van der Waals surface area (Å²) in [6.07, 6.45) is 5.28. The highest BCUT2D eigenvalue weighted by Crippen LogP contribution is 2.35. The lowest BCUT2D eigenvalue weighted by atomic mass is 9.85. The summed E-state index contributed by atoms with van der Waals surface area (Å²) in [4.78, 5) is 20.7. The van der Waals surface area contributed by atoms with Gasteiger partial charge in [0, 0.05) is 31.5 Å². The maximum atomic E-state index is 11.9. The molecule has 0 spiro atoms. The van der Waals surface area contributed by atoms with Gasteiger partial charge in [0.25, 0.3) is 0 Å². The lowest BCUT2D eigenvalue weighted by Gasteiger charge is -2.36. The predicted molar refractivity (Wildman–Crippen MR) is 86.8 cm³/mol. The Morgan fingerprint density at radius 1 is 1.35 bits per heavy atom. The number of carbonyl (C=O) groups excluding carboxylic acids is 1. The molecule has 2 heterocycles. The van der Waals surface area contributed by atoms with Gasteiger partial charge in [-0.2, -0.15) is 4.98 Å². The zero-order valence-corrected chi connectivity index (χ0v) is 14.5. The second-order valence-corrected chi connectivity index (χ2v) is 7.42. The van der Waals surface area contributed by atoms with E-state index in [4.69, 9.17) is 4.52 Å². The number of aromatic nitrogens is 2. The normalized spacial score (nSPS) is 22.9. The Bertz CT molecular complexity index is 538. The van der Waals surface area contributed by atoms with Gasteiger partial charge in [0.2, 0.25) is 11.8 Å². The van der Waals surface area contributed by atoms with Crippen molar-refractivity contribution < 1.29 is 9.32 Å². The van der Waals surface area contributed by atoms with E-state index in [1.54, 1.807) is 0 Å². The molecule has 23 heavy (non-hydrogen) atoms. The Morgan fingerprint density at radius 2 is 2.13 bits per heavy atom. The number of rotatable bonds is 6. The predicted octanol–water partition coefficient (Wildman–Crippen LogP) is 2.42. The summed E-state index contributed by atoms with van der Waals surface area (Å²) in [5, 5.41) is 4.12. The quantitative estimate of drug-likeness (QED) is 0.805. The zero-order chi connectivity index (χ0) is 16.4. The molecule has 6 nitrogen and oxygen atoms in total. The van der Waals surface area contributed by atoms with E-state index >= 15 is 0 Å². The van der Waals surface area contributed by atoms with Crippen LogP contribution < -0.4 is 0 Å². The van der Waals surface area contributed by atoms with Crippen molar-refractivity contribution in [2.24, 2.45) is 5.92 Å². The van der Waals surface area contributed by atoms with E-state index in [-0.39, 0.29) is 6.04 Å². The van der Waals surface area contributed by atoms with Crippen molar-refractivity contribution in [2.45, 2.75) is 64.5 Å². The van der Waals surface area contributed by atoms with Crippen LogP contribution in [0.15, 0.2) is 4.52 Å². The molecule has 1 aliphatic heterocycles. The van der Waals surface area contributed by atoms with E-state index in [0.717, 1.165) is 31.2 Å². The van der Waals surface area contributed by atoms with Crippen LogP contribution >= 0.6 is 0 Å².